The van der Waals surface area contributed by atoms with E-state index in [1.165, 1.54) is 35.1 Å². The molecule has 2 aromatic carbocycles. The van der Waals surface area contributed by atoms with Gasteiger partial charge in [-0.15, -0.1) is 0 Å². The normalized spacial score (nSPS) is 22.6. The molecule has 3 aliphatic rings. The van der Waals surface area contributed by atoms with Crippen LogP contribution >= 0.6 is 0 Å². The number of pyridine rings is 1. The Bertz CT molecular complexity index is 1720. The number of benzene rings is 2. The Morgan fingerprint density at radius 3 is 2.55 bits per heavy atom. The Morgan fingerprint density at radius 1 is 1.00 bits per heavy atom. The minimum absolute atomic E-state index is 0.0548. The first kappa shape index (κ1) is 31.5. The molecule has 1 amide bonds. The van der Waals surface area contributed by atoms with Gasteiger partial charge in [0.25, 0.3) is 5.91 Å². The predicted octanol–water partition coefficient (Wildman–Crippen LogP) is 5.62. The highest BCUT2D eigenvalue weighted by Crippen LogP contribution is 2.45. The van der Waals surface area contributed by atoms with E-state index in [1.807, 2.05) is 13.2 Å². The van der Waals surface area contributed by atoms with Crippen LogP contribution in [0, 0.1) is 0 Å². The number of nitrogens with zero attached hydrogens (tertiary/aromatic N) is 4. The summed E-state index contributed by atoms with van der Waals surface area (Å²) >= 11 is 0. The standard InChI is InChI=1S/C38H47N7O2/c1-38(2)14-13-34(45-17-15-40-16-18-45)30-12-11-27(20-32(30)38)26-9-7-25(8-10-26)24-47-35-6-4-5-33(35)43-37(46)31-19-28(21-41-36(31)39)29-22-42-44(3)23-29/h7-12,19-23,33-35,40H,4-6,13-18,24H2,1-3H3,(H2,39,41)(H,43,46)/t33-,34?,35-/m0/s1. The van der Waals surface area contributed by atoms with E-state index in [0.717, 1.165) is 62.1 Å². The number of piperazine rings is 1. The van der Waals surface area contributed by atoms with Crippen LogP contribution in [0.3, 0.4) is 0 Å². The van der Waals surface area contributed by atoms with Gasteiger partial charge in [0.2, 0.25) is 0 Å². The van der Waals surface area contributed by atoms with E-state index in [2.05, 4.69) is 81.9 Å². The summed E-state index contributed by atoms with van der Waals surface area (Å²) in [5, 5.41) is 10.9. The van der Waals surface area contributed by atoms with Gasteiger partial charge < -0.3 is 21.1 Å². The van der Waals surface area contributed by atoms with Gasteiger partial charge in [0.1, 0.15) is 5.82 Å². The molecule has 2 fully saturated rings. The van der Waals surface area contributed by atoms with Crippen molar-refractivity contribution in [2.75, 3.05) is 31.9 Å². The van der Waals surface area contributed by atoms with Gasteiger partial charge in [0, 0.05) is 62.8 Å². The van der Waals surface area contributed by atoms with Crippen LogP contribution in [0.4, 0.5) is 5.82 Å². The molecule has 1 saturated heterocycles. The first-order valence-corrected chi connectivity index (χ1v) is 17.1. The van der Waals surface area contributed by atoms with Crippen LogP contribution in [0.2, 0.25) is 0 Å². The Kier molecular flexibility index (Phi) is 8.87. The maximum atomic E-state index is 13.3. The SMILES string of the molecule is Cn1cc(-c2cnc(N)c(C(=O)N[C@H]3CCC[C@@H]3OCc3ccc(-c4ccc5c(c4)C(C)(C)CCC5N4CCNCC4)cc3)c2)cn1. The summed E-state index contributed by atoms with van der Waals surface area (Å²) in [5.41, 5.74) is 15.0. The number of aryl methyl sites for hydroxylation is 1. The molecule has 1 saturated carbocycles. The van der Waals surface area contributed by atoms with Crippen molar-refractivity contribution in [2.45, 2.75) is 76.2 Å². The number of nitrogens with one attached hydrogen (secondary N) is 2. The van der Waals surface area contributed by atoms with Gasteiger partial charge in [-0.3, -0.25) is 14.4 Å². The van der Waals surface area contributed by atoms with Crippen molar-refractivity contribution in [1.82, 2.24) is 30.3 Å². The number of hydrogen-bond acceptors (Lipinski definition) is 7. The fourth-order valence-electron chi connectivity index (χ4n) is 7.69. The topological polar surface area (TPSA) is 110 Å². The lowest BCUT2D eigenvalue weighted by molar-refractivity contribution is 0.0272. The molecule has 47 heavy (non-hydrogen) atoms. The third-order valence-electron chi connectivity index (χ3n) is 10.5. The molecule has 1 aliphatic heterocycles. The van der Waals surface area contributed by atoms with E-state index in [-0.39, 0.29) is 29.3 Å². The maximum Gasteiger partial charge on any atom is 0.255 e. The first-order valence-electron chi connectivity index (χ1n) is 17.1. The Balaban J connectivity index is 0.993. The summed E-state index contributed by atoms with van der Waals surface area (Å²) in [7, 11) is 1.86. The zero-order chi connectivity index (χ0) is 32.5. The fourth-order valence-corrected chi connectivity index (χ4v) is 7.69. The van der Waals surface area contributed by atoms with E-state index in [9.17, 15) is 4.79 Å². The number of hydrogen-bond donors (Lipinski definition) is 3. The molecular formula is C38H47N7O2. The Hall–Kier alpha value is -4.05. The zero-order valence-electron chi connectivity index (χ0n) is 27.8. The molecule has 9 nitrogen and oxygen atoms in total. The van der Waals surface area contributed by atoms with Crippen molar-refractivity contribution >= 4 is 11.7 Å². The molecule has 9 heteroatoms. The van der Waals surface area contributed by atoms with Crippen LogP contribution in [-0.4, -0.2) is 63.9 Å². The van der Waals surface area contributed by atoms with Gasteiger partial charge in [-0.05, 0) is 71.4 Å². The van der Waals surface area contributed by atoms with Crippen LogP contribution in [-0.2, 0) is 23.8 Å². The first-order chi connectivity index (χ1) is 22.7. The lowest BCUT2D eigenvalue weighted by atomic mass is 9.70. The third-order valence-corrected chi connectivity index (χ3v) is 10.5. The molecule has 0 radical (unpaired) electrons. The molecule has 0 spiro atoms. The Labute approximate surface area is 277 Å². The predicted molar refractivity (Wildman–Crippen MR) is 186 cm³/mol. The number of rotatable bonds is 8. The number of amides is 1. The molecule has 4 N–H and O–H groups in total. The molecule has 4 aromatic rings. The van der Waals surface area contributed by atoms with E-state index in [4.69, 9.17) is 10.5 Å². The van der Waals surface area contributed by atoms with Crippen LogP contribution in [0.25, 0.3) is 22.3 Å². The molecule has 0 bridgehead atoms. The lowest BCUT2D eigenvalue weighted by Crippen LogP contribution is -2.46. The number of fused-ring (bicyclic) bond motifs is 1. The minimum Gasteiger partial charge on any atom is -0.383 e. The van der Waals surface area contributed by atoms with Crippen LogP contribution < -0.4 is 16.4 Å². The van der Waals surface area contributed by atoms with E-state index in [0.29, 0.717) is 18.2 Å². The minimum atomic E-state index is -0.224. The number of anilines is 1. The Morgan fingerprint density at radius 2 is 1.79 bits per heavy atom. The van der Waals surface area contributed by atoms with Crippen LogP contribution in [0.5, 0.6) is 0 Å². The number of carbonyl (C=O) groups is 1. The maximum absolute atomic E-state index is 13.3. The number of carbonyl (C=O) groups excluding carboxylic acids is 1. The largest absolute Gasteiger partial charge is 0.383 e. The van der Waals surface area contributed by atoms with Gasteiger partial charge in [0.05, 0.1) is 30.5 Å². The number of aromatic nitrogens is 3. The quantitative estimate of drug-likeness (QED) is 0.231. The lowest BCUT2D eigenvalue weighted by Gasteiger charge is -2.43. The highest BCUT2D eigenvalue weighted by atomic mass is 16.5. The highest BCUT2D eigenvalue weighted by Gasteiger charge is 2.36. The number of ether oxygens (including phenoxy) is 1. The summed E-state index contributed by atoms with van der Waals surface area (Å²) in [6, 6.07) is 18.1. The molecule has 246 valence electrons. The average molecular weight is 634 g/mol. The van der Waals surface area contributed by atoms with Gasteiger partial charge in [-0.25, -0.2) is 4.98 Å². The third kappa shape index (κ3) is 6.70. The monoisotopic (exact) mass is 633 g/mol. The smallest absolute Gasteiger partial charge is 0.255 e. The van der Waals surface area contributed by atoms with Crippen molar-refractivity contribution in [3.05, 3.63) is 89.4 Å². The van der Waals surface area contributed by atoms with E-state index < -0.39 is 0 Å². The molecule has 2 aliphatic carbocycles. The van der Waals surface area contributed by atoms with Crippen molar-refractivity contribution < 1.29 is 9.53 Å². The molecule has 3 heterocycles. The van der Waals surface area contributed by atoms with E-state index in [1.54, 1.807) is 23.1 Å². The summed E-state index contributed by atoms with van der Waals surface area (Å²) in [5.74, 6) is -0.00867. The summed E-state index contributed by atoms with van der Waals surface area (Å²) in [4.78, 5) is 20.3. The second-order valence-electron chi connectivity index (χ2n) is 14.1. The van der Waals surface area contributed by atoms with Gasteiger partial charge in [-0.2, -0.15) is 5.10 Å². The second kappa shape index (κ2) is 13.2. The van der Waals surface area contributed by atoms with Gasteiger partial charge in [-0.1, -0.05) is 56.3 Å². The molecule has 7 rings (SSSR count). The van der Waals surface area contributed by atoms with Gasteiger partial charge in [0.15, 0.2) is 0 Å². The summed E-state index contributed by atoms with van der Waals surface area (Å²) in [6.07, 6.45) is 10.5. The molecule has 1 unspecified atom stereocenters. The fraction of sp³-hybridized carbons (Fsp3) is 0.447. The van der Waals surface area contributed by atoms with E-state index >= 15 is 0 Å². The molecule has 2 aromatic heterocycles. The van der Waals surface area contributed by atoms with Gasteiger partial charge >= 0.3 is 0 Å². The highest BCUT2D eigenvalue weighted by molar-refractivity contribution is 5.99. The molecular weight excluding hydrogens is 586 g/mol. The second-order valence-corrected chi connectivity index (χ2v) is 14.1. The van der Waals surface area contributed by atoms with Crippen molar-refractivity contribution in [3.8, 4) is 22.3 Å². The van der Waals surface area contributed by atoms with Crippen LogP contribution in [0.15, 0.2) is 67.1 Å². The van der Waals surface area contributed by atoms with Crippen LogP contribution in [0.1, 0.15) is 79.0 Å². The average Bonchev–Trinajstić information content (AvgIpc) is 3.73. The zero-order valence-corrected chi connectivity index (χ0v) is 27.8. The van der Waals surface area contributed by atoms with Crippen molar-refractivity contribution in [1.29, 1.82) is 0 Å². The summed E-state index contributed by atoms with van der Waals surface area (Å²) < 4.78 is 8.12. The van der Waals surface area contributed by atoms with Crippen molar-refractivity contribution in [3.63, 3.8) is 0 Å². The van der Waals surface area contributed by atoms with Crippen molar-refractivity contribution in [2.24, 2.45) is 7.05 Å². The number of nitrogen functional groups attached to an aromatic ring is 1. The summed E-state index contributed by atoms with van der Waals surface area (Å²) in [6.45, 7) is 9.69. The number of nitrogens with two attached hydrogens (primary N) is 1. The molecule has 3 atom stereocenters.